The molecule has 0 saturated carbocycles. The minimum Gasteiger partial charge on any atom is -0.396 e. The molecule has 3 N–H and O–H groups in total. The Bertz CT molecular complexity index is 689. The van der Waals surface area contributed by atoms with Crippen molar-refractivity contribution in [2.75, 3.05) is 26.7 Å². The minimum absolute atomic E-state index is 0. The number of aryl methyl sites for hydroxylation is 2. The molecule has 1 unspecified atom stereocenters. The average Bonchev–Trinajstić information content (AvgIpc) is 2.63. The number of aliphatic imine (C=N–C) groups is 1. The Kier molecular flexibility index (Phi) is 10.3. The number of aliphatic hydroxyl groups excluding tert-OH is 1. The molecule has 5 heteroatoms. The lowest BCUT2D eigenvalue weighted by molar-refractivity contribution is 0.265. The summed E-state index contributed by atoms with van der Waals surface area (Å²) in [5, 5.41) is 16.3. The van der Waals surface area contributed by atoms with E-state index >= 15 is 0 Å². The lowest BCUT2D eigenvalue weighted by atomic mass is 10.0. The van der Waals surface area contributed by atoms with Crippen LogP contribution in [0.1, 0.15) is 28.2 Å². The molecule has 0 radical (unpaired) electrons. The van der Waals surface area contributed by atoms with E-state index in [2.05, 4.69) is 47.7 Å². The fourth-order valence-electron chi connectivity index (χ4n) is 2.90. The van der Waals surface area contributed by atoms with E-state index in [-0.39, 0.29) is 36.5 Å². The number of hydrogen-bond donors (Lipinski definition) is 3. The molecule has 0 aliphatic heterocycles. The van der Waals surface area contributed by atoms with Crippen LogP contribution in [0.2, 0.25) is 0 Å². The molecule has 0 saturated heterocycles. The van der Waals surface area contributed by atoms with Crippen LogP contribution >= 0.6 is 24.0 Å². The first kappa shape index (κ1) is 22.4. The quantitative estimate of drug-likeness (QED) is 0.333. The van der Waals surface area contributed by atoms with Crippen LogP contribution in [-0.2, 0) is 6.42 Å². The van der Waals surface area contributed by atoms with E-state index in [4.69, 9.17) is 0 Å². The number of guanidine groups is 1. The third-order valence-corrected chi connectivity index (χ3v) is 4.42. The van der Waals surface area contributed by atoms with E-state index in [0.717, 1.165) is 24.5 Å². The van der Waals surface area contributed by atoms with Gasteiger partial charge in [-0.05, 0) is 37.0 Å². The van der Waals surface area contributed by atoms with Gasteiger partial charge < -0.3 is 15.7 Å². The Hall–Kier alpha value is -1.60. The Balaban J connectivity index is 0.00000338. The van der Waals surface area contributed by atoms with Gasteiger partial charge in [-0.2, -0.15) is 0 Å². The first-order valence-electron chi connectivity index (χ1n) is 8.80. The normalized spacial score (nSPS) is 12.2. The van der Waals surface area contributed by atoms with Crippen molar-refractivity contribution < 1.29 is 5.11 Å². The maximum atomic E-state index is 9.64. The van der Waals surface area contributed by atoms with Gasteiger partial charge in [-0.15, -0.1) is 24.0 Å². The van der Waals surface area contributed by atoms with Crippen LogP contribution in [0, 0.1) is 13.8 Å². The molecular formula is C21H30IN3O. The van der Waals surface area contributed by atoms with Crippen molar-refractivity contribution in [3.05, 3.63) is 70.8 Å². The zero-order valence-corrected chi connectivity index (χ0v) is 18.2. The highest BCUT2D eigenvalue weighted by Crippen LogP contribution is 2.13. The Morgan fingerprint density at radius 2 is 1.81 bits per heavy atom. The van der Waals surface area contributed by atoms with Crippen molar-refractivity contribution in [3.8, 4) is 0 Å². The molecule has 0 heterocycles. The molecule has 2 aromatic carbocycles. The van der Waals surface area contributed by atoms with Crippen LogP contribution in [0.5, 0.6) is 0 Å². The van der Waals surface area contributed by atoms with Gasteiger partial charge in [0.25, 0.3) is 0 Å². The second kappa shape index (κ2) is 11.9. The molecule has 1 atom stereocenters. The smallest absolute Gasteiger partial charge is 0.191 e. The van der Waals surface area contributed by atoms with Gasteiger partial charge in [0.15, 0.2) is 5.96 Å². The van der Waals surface area contributed by atoms with Crippen LogP contribution in [0.4, 0.5) is 0 Å². The van der Waals surface area contributed by atoms with Crippen LogP contribution in [-0.4, -0.2) is 37.8 Å². The summed E-state index contributed by atoms with van der Waals surface area (Å²) in [6.45, 7) is 5.84. The molecule has 2 rings (SSSR count). The van der Waals surface area contributed by atoms with Gasteiger partial charge in [-0.3, -0.25) is 4.99 Å². The van der Waals surface area contributed by atoms with Crippen LogP contribution in [0.15, 0.2) is 53.5 Å². The molecule has 0 aliphatic rings. The van der Waals surface area contributed by atoms with E-state index in [1.165, 1.54) is 16.7 Å². The maximum absolute atomic E-state index is 9.64. The molecule has 26 heavy (non-hydrogen) atoms. The molecule has 0 aromatic heterocycles. The van der Waals surface area contributed by atoms with Gasteiger partial charge in [0, 0.05) is 26.1 Å². The highest BCUT2D eigenvalue weighted by molar-refractivity contribution is 14.0. The maximum Gasteiger partial charge on any atom is 0.191 e. The van der Waals surface area contributed by atoms with Gasteiger partial charge in [0.1, 0.15) is 0 Å². The van der Waals surface area contributed by atoms with E-state index in [9.17, 15) is 5.11 Å². The van der Waals surface area contributed by atoms with Crippen LogP contribution < -0.4 is 10.6 Å². The number of aliphatic hydroxyl groups is 1. The summed E-state index contributed by atoms with van der Waals surface area (Å²) in [7, 11) is 1.77. The summed E-state index contributed by atoms with van der Waals surface area (Å²) in [6, 6.07) is 16.6. The van der Waals surface area contributed by atoms with Crippen molar-refractivity contribution in [1.82, 2.24) is 10.6 Å². The molecule has 142 valence electrons. The molecule has 0 fully saturated rings. The SMILES string of the molecule is CN=C(NCCc1ccc(C)cc1C)NCC(CO)c1ccccc1.I. The third-order valence-electron chi connectivity index (χ3n) is 4.42. The fraction of sp³-hybridized carbons (Fsp3) is 0.381. The van der Waals surface area contributed by atoms with Gasteiger partial charge in [0.05, 0.1) is 6.61 Å². The van der Waals surface area contributed by atoms with Crippen LogP contribution in [0.3, 0.4) is 0 Å². The second-order valence-corrected chi connectivity index (χ2v) is 6.35. The van der Waals surface area contributed by atoms with E-state index in [0.29, 0.717) is 6.54 Å². The zero-order valence-electron chi connectivity index (χ0n) is 15.8. The first-order chi connectivity index (χ1) is 12.1. The highest BCUT2D eigenvalue weighted by Gasteiger charge is 2.10. The summed E-state index contributed by atoms with van der Waals surface area (Å²) >= 11 is 0. The van der Waals surface area contributed by atoms with Crippen molar-refractivity contribution in [2.24, 2.45) is 4.99 Å². The largest absolute Gasteiger partial charge is 0.396 e. The first-order valence-corrected chi connectivity index (χ1v) is 8.80. The number of benzene rings is 2. The number of halogens is 1. The van der Waals surface area contributed by atoms with Crippen molar-refractivity contribution >= 4 is 29.9 Å². The van der Waals surface area contributed by atoms with Crippen LogP contribution in [0.25, 0.3) is 0 Å². The summed E-state index contributed by atoms with van der Waals surface area (Å²) in [5.41, 5.74) is 5.10. The van der Waals surface area contributed by atoms with Crippen molar-refractivity contribution in [2.45, 2.75) is 26.2 Å². The Morgan fingerprint density at radius 1 is 1.08 bits per heavy atom. The zero-order chi connectivity index (χ0) is 18.1. The lowest BCUT2D eigenvalue weighted by Gasteiger charge is -2.18. The van der Waals surface area contributed by atoms with Gasteiger partial charge in [-0.25, -0.2) is 0 Å². The predicted octanol–water partition coefficient (Wildman–Crippen LogP) is 3.41. The summed E-state index contributed by atoms with van der Waals surface area (Å²) in [4.78, 5) is 4.27. The third kappa shape index (κ3) is 6.96. The number of rotatable bonds is 7. The van der Waals surface area contributed by atoms with Crippen molar-refractivity contribution in [3.63, 3.8) is 0 Å². The predicted molar refractivity (Wildman–Crippen MR) is 121 cm³/mol. The molecular weight excluding hydrogens is 437 g/mol. The number of nitrogens with one attached hydrogen (secondary N) is 2. The van der Waals surface area contributed by atoms with Gasteiger partial charge >= 0.3 is 0 Å². The minimum atomic E-state index is 0. The Morgan fingerprint density at radius 3 is 2.42 bits per heavy atom. The number of nitrogens with zero attached hydrogens (tertiary/aromatic N) is 1. The summed E-state index contributed by atoms with van der Waals surface area (Å²) < 4.78 is 0. The van der Waals surface area contributed by atoms with Gasteiger partial charge in [-0.1, -0.05) is 54.1 Å². The lowest BCUT2D eigenvalue weighted by Crippen LogP contribution is -2.40. The highest BCUT2D eigenvalue weighted by atomic mass is 127. The molecule has 0 aliphatic carbocycles. The standard InChI is InChI=1S/C21H29N3O.HI/c1-16-9-10-18(17(2)13-16)11-12-23-21(22-3)24-14-20(15-25)19-7-5-4-6-8-19;/h4-10,13,20,25H,11-12,14-15H2,1-3H3,(H2,22,23,24);1H. The Labute approximate surface area is 174 Å². The second-order valence-electron chi connectivity index (χ2n) is 6.35. The van der Waals surface area contributed by atoms with Gasteiger partial charge in [0.2, 0.25) is 0 Å². The molecule has 4 nitrogen and oxygen atoms in total. The fourth-order valence-corrected chi connectivity index (χ4v) is 2.90. The summed E-state index contributed by atoms with van der Waals surface area (Å²) in [6.07, 6.45) is 0.953. The van der Waals surface area contributed by atoms with Crippen molar-refractivity contribution in [1.29, 1.82) is 0 Å². The molecule has 0 bridgehead atoms. The molecule has 2 aromatic rings. The molecule has 0 amide bonds. The van der Waals surface area contributed by atoms with E-state index < -0.39 is 0 Å². The molecule has 0 spiro atoms. The summed E-state index contributed by atoms with van der Waals surface area (Å²) in [5.74, 6) is 0.818. The number of hydrogen-bond acceptors (Lipinski definition) is 2. The van der Waals surface area contributed by atoms with E-state index in [1.54, 1.807) is 7.05 Å². The van der Waals surface area contributed by atoms with E-state index in [1.807, 2.05) is 30.3 Å². The topological polar surface area (TPSA) is 56.7 Å². The monoisotopic (exact) mass is 467 g/mol. The average molecular weight is 467 g/mol.